The minimum Gasteiger partial charge on any atom is -0.465 e. The number of methoxy groups -OCH3 is 2. The van der Waals surface area contributed by atoms with Gasteiger partial charge in [0, 0.05) is 10.9 Å². The molecule has 0 N–H and O–H groups in total. The summed E-state index contributed by atoms with van der Waals surface area (Å²) in [5.74, 6) is -1.57. The molecule has 2 aromatic carbocycles. The van der Waals surface area contributed by atoms with Crippen LogP contribution in [0.5, 0.6) is 0 Å². The Morgan fingerprint density at radius 2 is 1.53 bits per heavy atom. The van der Waals surface area contributed by atoms with Crippen molar-refractivity contribution in [3.63, 3.8) is 0 Å². The van der Waals surface area contributed by atoms with Crippen molar-refractivity contribution in [1.82, 2.24) is 9.35 Å². The summed E-state index contributed by atoms with van der Waals surface area (Å²) in [7, 11) is 2.58. The van der Waals surface area contributed by atoms with Crippen molar-refractivity contribution in [3.05, 3.63) is 83.4 Å². The highest BCUT2D eigenvalue weighted by Crippen LogP contribution is 2.32. The maximum Gasteiger partial charge on any atom is 0.356 e. The predicted molar refractivity (Wildman–Crippen MR) is 110 cm³/mol. The molecule has 0 bridgehead atoms. The van der Waals surface area contributed by atoms with Gasteiger partial charge in [-0.05, 0) is 37.3 Å². The molecule has 0 atom stereocenters. The number of carbonyl (C=O) groups is 2. The van der Waals surface area contributed by atoms with Crippen LogP contribution in [0.4, 0.5) is 4.39 Å². The molecule has 2 aromatic heterocycles. The zero-order valence-electron chi connectivity index (χ0n) is 16.7. The van der Waals surface area contributed by atoms with Gasteiger partial charge in [0.15, 0.2) is 0 Å². The number of carbonyl (C=O) groups excluding carboxylic acids is 2. The molecule has 0 radical (unpaired) electrons. The quantitative estimate of drug-likeness (QED) is 0.470. The zero-order chi connectivity index (χ0) is 21.4. The minimum absolute atomic E-state index is 0.242. The first-order valence-corrected chi connectivity index (χ1v) is 9.23. The van der Waals surface area contributed by atoms with E-state index in [1.165, 1.54) is 20.3 Å². The van der Waals surface area contributed by atoms with E-state index in [0.29, 0.717) is 16.9 Å². The SMILES string of the molecule is COC(=O)c1cc(-c2ccccc2F)n(-n2c(C(=O)OC)cc3ccccc32)c1C. The van der Waals surface area contributed by atoms with Crippen LogP contribution in [0.2, 0.25) is 0 Å². The van der Waals surface area contributed by atoms with Gasteiger partial charge in [0.05, 0.1) is 36.7 Å². The normalized spacial score (nSPS) is 10.9. The van der Waals surface area contributed by atoms with Crippen molar-refractivity contribution in [3.8, 4) is 11.3 Å². The summed E-state index contributed by atoms with van der Waals surface area (Å²) >= 11 is 0. The molecule has 0 amide bonds. The third kappa shape index (κ3) is 2.95. The average molecular weight is 406 g/mol. The van der Waals surface area contributed by atoms with E-state index in [2.05, 4.69) is 0 Å². The summed E-state index contributed by atoms with van der Waals surface area (Å²) in [6.07, 6.45) is 0. The zero-order valence-corrected chi connectivity index (χ0v) is 16.7. The Kier molecular flexibility index (Phi) is 4.87. The molecule has 0 unspecified atom stereocenters. The number of aromatic nitrogens is 2. The lowest BCUT2D eigenvalue weighted by Gasteiger charge is -2.18. The Bertz CT molecular complexity index is 1290. The van der Waals surface area contributed by atoms with Crippen LogP contribution in [0.1, 0.15) is 26.5 Å². The van der Waals surface area contributed by atoms with Crippen LogP contribution in [0.3, 0.4) is 0 Å². The molecule has 4 aromatic rings. The number of nitrogens with zero attached hydrogens (tertiary/aromatic N) is 2. The smallest absolute Gasteiger partial charge is 0.356 e. The van der Waals surface area contributed by atoms with Gasteiger partial charge >= 0.3 is 11.9 Å². The van der Waals surface area contributed by atoms with Crippen LogP contribution in [-0.4, -0.2) is 35.5 Å². The Balaban J connectivity index is 2.14. The molecule has 0 aliphatic carbocycles. The third-order valence-electron chi connectivity index (χ3n) is 5.05. The highest BCUT2D eigenvalue weighted by atomic mass is 19.1. The summed E-state index contributed by atoms with van der Waals surface area (Å²) in [5, 5.41) is 0.796. The molecule has 0 aliphatic heterocycles. The van der Waals surface area contributed by atoms with Gasteiger partial charge in [-0.2, -0.15) is 0 Å². The number of hydrogen-bond acceptors (Lipinski definition) is 4. The molecule has 2 heterocycles. The van der Waals surface area contributed by atoms with Gasteiger partial charge in [-0.15, -0.1) is 0 Å². The molecule has 0 spiro atoms. The summed E-state index contributed by atoms with van der Waals surface area (Å²) in [4.78, 5) is 25.0. The van der Waals surface area contributed by atoms with Crippen molar-refractivity contribution in [2.45, 2.75) is 6.92 Å². The summed E-state index contributed by atoms with van der Waals surface area (Å²) < 4.78 is 27.9. The van der Waals surface area contributed by atoms with Gasteiger partial charge in [0.1, 0.15) is 11.5 Å². The van der Waals surface area contributed by atoms with Crippen LogP contribution >= 0.6 is 0 Å². The van der Waals surface area contributed by atoms with E-state index in [4.69, 9.17) is 9.47 Å². The molecule has 0 saturated carbocycles. The molecular formula is C23H19FN2O4. The number of hydrogen-bond donors (Lipinski definition) is 0. The molecule has 0 fully saturated rings. The highest BCUT2D eigenvalue weighted by molar-refractivity contribution is 5.96. The Morgan fingerprint density at radius 3 is 2.23 bits per heavy atom. The lowest BCUT2D eigenvalue weighted by Crippen LogP contribution is -2.19. The molecular weight excluding hydrogens is 387 g/mol. The number of rotatable bonds is 4. The molecule has 7 heteroatoms. The lowest BCUT2D eigenvalue weighted by molar-refractivity contribution is 0.0585. The molecule has 0 aliphatic rings. The van der Waals surface area contributed by atoms with Crippen molar-refractivity contribution < 1.29 is 23.5 Å². The van der Waals surface area contributed by atoms with Crippen LogP contribution in [0.25, 0.3) is 22.2 Å². The molecule has 4 rings (SSSR count). The van der Waals surface area contributed by atoms with Crippen molar-refractivity contribution in [1.29, 1.82) is 0 Å². The fourth-order valence-electron chi connectivity index (χ4n) is 3.64. The second-order valence-corrected chi connectivity index (χ2v) is 6.70. The molecule has 6 nitrogen and oxygen atoms in total. The average Bonchev–Trinajstić information content (AvgIpc) is 3.30. The fraction of sp³-hybridized carbons (Fsp3) is 0.130. The number of esters is 2. The van der Waals surface area contributed by atoms with Crippen LogP contribution in [0.15, 0.2) is 60.7 Å². The standard InChI is InChI=1S/C23H19FN2O4/c1-14-17(22(27)29-2)13-20(16-9-5-6-10-18(16)24)25(14)26-19-11-7-4-8-15(19)12-21(26)23(28)30-3/h4-13H,1-3H3. The third-order valence-corrected chi connectivity index (χ3v) is 5.05. The minimum atomic E-state index is -0.557. The number of fused-ring (bicyclic) bond motifs is 1. The summed E-state index contributed by atoms with van der Waals surface area (Å²) in [6.45, 7) is 1.71. The van der Waals surface area contributed by atoms with E-state index in [-0.39, 0.29) is 16.8 Å². The van der Waals surface area contributed by atoms with E-state index < -0.39 is 17.8 Å². The second kappa shape index (κ2) is 7.51. The van der Waals surface area contributed by atoms with E-state index in [0.717, 1.165) is 5.39 Å². The van der Waals surface area contributed by atoms with Crippen molar-refractivity contribution >= 4 is 22.8 Å². The molecule has 0 saturated heterocycles. The molecule has 30 heavy (non-hydrogen) atoms. The molecule has 152 valence electrons. The number of benzene rings is 2. The van der Waals surface area contributed by atoms with Crippen molar-refractivity contribution in [2.75, 3.05) is 14.2 Å². The summed E-state index contributed by atoms with van der Waals surface area (Å²) in [5.41, 5.74) is 2.38. The second-order valence-electron chi connectivity index (χ2n) is 6.70. The van der Waals surface area contributed by atoms with Gasteiger partial charge < -0.3 is 9.47 Å². The van der Waals surface area contributed by atoms with E-state index in [1.54, 1.807) is 46.6 Å². The number of halogens is 1. The van der Waals surface area contributed by atoms with Gasteiger partial charge in [-0.3, -0.25) is 4.68 Å². The van der Waals surface area contributed by atoms with Crippen LogP contribution in [0, 0.1) is 12.7 Å². The predicted octanol–water partition coefficient (Wildman–Crippen LogP) is 4.44. The maximum absolute atomic E-state index is 14.7. The van der Waals surface area contributed by atoms with E-state index in [1.807, 2.05) is 24.3 Å². The number of ether oxygens (including phenoxy) is 2. The highest BCUT2D eigenvalue weighted by Gasteiger charge is 2.26. The fourth-order valence-corrected chi connectivity index (χ4v) is 3.64. The van der Waals surface area contributed by atoms with Gasteiger partial charge in [0.25, 0.3) is 0 Å². The largest absolute Gasteiger partial charge is 0.465 e. The summed E-state index contributed by atoms with van der Waals surface area (Å²) in [6, 6.07) is 16.9. The Morgan fingerprint density at radius 1 is 0.867 bits per heavy atom. The van der Waals surface area contributed by atoms with E-state index in [9.17, 15) is 14.0 Å². The van der Waals surface area contributed by atoms with Crippen LogP contribution in [-0.2, 0) is 9.47 Å². The first-order valence-electron chi connectivity index (χ1n) is 9.23. The van der Waals surface area contributed by atoms with Gasteiger partial charge in [0.2, 0.25) is 0 Å². The monoisotopic (exact) mass is 406 g/mol. The first kappa shape index (κ1) is 19.4. The van der Waals surface area contributed by atoms with Crippen LogP contribution < -0.4 is 0 Å². The van der Waals surface area contributed by atoms with Crippen molar-refractivity contribution in [2.24, 2.45) is 0 Å². The topological polar surface area (TPSA) is 62.5 Å². The first-order chi connectivity index (χ1) is 14.5. The Labute approximate surface area is 172 Å². The number of para-hydroxylation sites is 1. The Hall–Kier alpha value is -3.87. The lowest BCUT2D eigenvalue weighted by atomic mass is 10.1. The van der Waals surface area contributed by atoms with Gasteiger partial charge in [-0.1, -0.05) is 30.3 Å². The maximum atomic E-state index is 14.7. The van der Waals surface area contributed by atoms with Gasteiger partial charge in [-0.25, -0.2) is 18.7 Å². The van der Waals surface area contributed by atoms with E-state index >= 15 is 0 Å².